The van der Waals surface area contributed by atoms with Gasteiger partial charge in [-0.05, 0) is 76.5 Å². The fraction of sp³-hybridized carbons (Fsp3) is 0.120. The lowest BCUT2D eigenvalue weighted by atomic mass is 10.1. The Balaban J connectivity index is 1.65. The summed E-state index contributed by atoms with van der Waals surface area (Å²) >= 11 is 9.54. The van der Waals surface area contributed by atoms with E-state index in [4.69, 9.17) is 21.1 Å². The summed E-state index contributed by atoms with van der Waals surface area (Å²) in [6, 6.07) is 21.1. The highest BCUT2D eigenvalue weighted by atomic mass is 79.9. The SMILES string of the molecule is CCOc1cc(/C=C(\C#N)c2nc3ccccc3[nH]2)cc(Br)c1OCc1ccc(Cl)cc1. The standard InChI is InChI=1S/C25H19BrClN3O2/c1-2-31-23-13-17(11-18(14-28)25-29-21-5-3-4-6-22(21)30-25)12-20(26)24(23)32-15-16-7-9-19(27)10-8-16/h3-13H,2,15H2,1H3,(H,29,30)/b18-11+. The average Bonchev–Trinajstić information content (AvgIpc) is 3.22. The van der Waals surface area contributed by atoms with Crippen molar-refractivity contribution in [2.45, 2.75) is 13.5 Å². The number of nitriles is 1. The van der Waals surface area contributed by atoms with Crippen LogP contribution in [0.25, 0.3) is 22.7 Å². The molecule has 4 aromatic rings. The summed E-state index contributed by atoms with van der Waals surface area (Å²) in [4.78, 5) is 7.72. The number of imidazole rings is 1. The number of allylic oxidation sites excluding steroid dienone is 1. The van der Waals surface area contributed by atoms with Crippen molar-refractivity contribution in [3.8, 4) is 17.6 Å². The topological polar surface area (TPSA) is 70.9 Å². The molecule has 0 saturated carbocycles. The zero-order valence-corrected chi connectivity index (χ0v) is 19.6. The number of para-hydroxylation sites is 2. The second kappa shape index (κ2) is 9.90. The lowest BCUT2D eigenvalue weighted by Gasteiger charge is -2.15. The molecule has 3 aromatic carbocycles. The van der Waals surface area contributed by atoms with Gasteiger partial charge in [0.15, 0.2) is 11.5 Å². The van der Waals surface area contributed by atoms with Gasteiger partial charge in [0.25, 0.3) is 0 Å². The Labute approximate surface area is 199 Å². The second-order valence-electron chi connectivity index (χ2n) is 6.95. The Hall–Kier alpha value is -3.27. The van der Waals surface area contributed by atoms with Crippen LogP contribution in [0, 0.1) is 11.3 Å². The minimum Gasteiger partial charge on any atom is -0.490 e. The average molecular weight is 509 g/mol. The number of benzene rings is 3. The van der Waals surface area contributed by atoms with Crippen LogP contribution in [0.4, 0.5) is 0 Å². The molecule has 0 atom stereocenters. The van der Waals surface area contributed by atoms with Gasteiger partial charge in [-0.1, -0.05) is 35.9 Å². The maximum Gasteiger partial charge on any atom is 0.175 e. The van der Waals surface area contributed by atoms with Crippen molar-refractivity contribution in [3.05, 3.63) is 87.1 Å². The number of nitrogens with one attached hydrogen (secondary N) is 1. The number of hydrogen-bond donors (Lipinski definition) is 1. The number of H-pyrrole nitrogens is 1. The van der Waals surface area contributed by atoms with Crippen LogP contribution in [0.15, 0.2) is 65.1 Å². The number of hydrogen-bond acceptors (Lipinski definition) is 4. The molecular weight excluding hydrogens is 490 g/mol. The predicted octanol–water partition coefficient (Wildman–Crippen LogP) is 7.02. The van der Waals surface area contributed by atoms with Crippen molar-refractivity contribution in [3.63, 3.8) is 0 Å². The van der Waals surface area contributed by atoms with Crippen LogP contribution in [-0.4, -0.2) is 16.6 Å². The summed E-state index contributed by atoms with van der Waals surface area (Å²) in [5.74, 6) is 1.70. The van der Waals surface area contributed by atoms with Crippen LogP contribution in [0.1, 0.15) is 23.9 Å². The van der Waals surface area contributed by atoms with Crippen molar-refractivity contribution >= 4 is 50.2 Å². The molecule has 0 amide bonds. The highest BCUT2D eigenvalue weighted by Crippen LogP contribution is 2.38. The number of fused-ring (bicyclic) bond motifs is 1. The molecule has 0 aliphatic heterocycles. The first-order valence-electron chi connectivity index (χ1n) is 9.98. The van der Waals surface area contributed by atoms with Gasteiger partial charge < -0.3 is 14.5 Å². The van der Waals surface area contributed by atoms with E-state index in [0.717, 1.165) is 26.6 Å². The summed E-state index contributed by atoms with van der Waals surface area (Å²) in [5, 5.41) is 10.4. The molecule has 4 rings (SSSR count). The first-order chi connectivity index (χ1) is 15.6. The molecule has 0 fully saturated rings. The van der Waals surface area contributed by atoms with Crippen LogP contribution in [-0.2, 0) is 6.61 Å². The van der Waals surface area contributed by atoms with Gasteiger partial charge in [-0.3, -0.25) is 0 Å². The van der Waals surface area contributed by atoms with Crippen LogP contribution >= 0.6 is 27.5 Å². The van der Waals surface area contributed by atoms with Crippen LogP contribution in [0.2, 0.25) is 5.02 Å². The first kappa shape index (κ1) is 21.9. The van der Waals surface area contributed by atoms with E-state index >= 15 is 0 Å². The summed E-state index contributed by atoms with van der Waals surface area (Å²) < 4.78 is 12.6. The number of aromatic nitrogens is 2. The molecule has 0 radical (unpaired) electrons. The van der Waals surface area contributed by atoms with E-state index in [9.17, 15) is 5.26 Å². The van der Waals surface area contributed by atoms with Crippen LogP contribution in [0.5, 0.6) is 11.5 Å². The number of ether oxygens (including phenoxy) is 2. The maximum absolute atomic E-state index is 9.74. The normalized spacial score (nSPS) is 11.4. The van der Waals surface area contributed by atoms with E-state index in [1.807, 2.05) is 67.6 Å². The Morgan fingerprint density at radius 2 is 1.94 bits per heavy atom. The fourth-order valence-corrected chi connectivity index (χ4v) is 3.91. The molecule has 1 heterocycles. The van der Waals surface area contributed by atoms with Gasteiger partial charge in [-0.25, -0.2) is 4.98 Å². The fourth-order valence-electron chi connectivity index (χ4n) is 3.21. The minimum atomic E-state index is 0.369. The molecule has 0 aliphatic rings. The van der Waals surface area contributed by atoms with E-state index in [0.29, 0.717) is 41.1 Å². The molecule has 1 aromatic heterocycles. The quantitative estimate of drug-likeness (QED) is 0.272. The summed E-state index contributed by atoms with van der Waals surface area (Å²) in [6.07, 6.45) is 1.77. The minimum absolute atomic E-state index is 0.369. The molecule has 7 heteroatoms. The maximum atomic E-state index is 9.74. The third-order valence-corrected chi connectivity index (χ3v) is 5.55. The highest BCUT2D eigenvalue weighted by Gasteiger charge is 2.14. The Bertz CT molecular complexity index is 1290. The van der Waals surface area contributed by atoms with Crippen LogP contribution in [0.3, 0.4) is 0 Å². The van der Waals surface area contributed by atoms with Crippen molar-refractivity contribution in [2.24, 2.45) is 0 Å². The third kappa shape index (κ3) is 4.96. The number of rotatable bonds is 7. The summed E-state index contributed by atoms with van der Waals surface area (Å²) in [7, 11) is 0. The molecule has 32 heavy (non-hydrogen) atoms. The third-order valence-electron chi connectivity index (χ3n) is 4.70. The molecule has 1 N–H and O–H groups in total. The van der Waals surface area contributed by atoms with Gasteiger partial charge in [0.2, 0.25) is 0 Å². The Kier molecular flexibility index (Phi) is 6.79. The van der Waals surface area contributed by atoms with Crippen molar-refractivity contribution in [1.82, 2.24) is 9.97 Å². The first-order valence-corrected chi connectivity index (χ1v) is 11.1. The van der Waals surface area contributed by atoms with Crippen LogP contribution < -0.4 is 9.47 Å². The molecule has 0 saturated heterocycles. The summed E-state index contributed by atoms with van der Waals surface area (Å²) in [5.41, 5.74) is 3.89. The van der Waals surface area contributed by atoms with E-state index in [1.165, 1.54) is 0 Å². The molecule has 0 aliphatic carbocycles. The van der Waals surface area contributed by atoms with Gasteiger partial charge in [0.05, 0.1) is 27.7 Å². The van der Waals surface area contributed by atoms with Gasteiger partial charge in [-0.15, -0.1) is 0 Å². The van der Waals surface area contributed by atoms with E-state index in [2.05, 4.69) is 32.0 Å². The molecule has 5 nitrogen and oxygen atoms in total. The Morgan fingerprint density at radius 3 is 2.66 bits per heavy atom. The zero-order chi connectivity index (χ0) is 22.5. The molecule has 0 spiro atoms. The molecular formula is C25H19BrClN3O2. The van der Waals surface area contributed by atoms with Gasteiger partial charge in [0, 0.05) is 5.02 Å². The van der Waals surface area contributed by atoms with Gasteiger partial charge in [0.1, 0.15) is 18.5 Å². The highest BCUT2D eigenvalue weighted by molar-refractivity contribution is 9.10. The van der Waals surface area contributed by atoms with Crippen molar-refractivity contribution in [2.75, 3.05) is 6.61 Å². The predicted molar refractivity (Wildman–Crippen MR) is 131 cm³/mol. The lowest BCUT2D eigenvalue weighted by molar-refractivity contribution is 0.267. The molecule has 0 unspecified atom stereocenters. The number of halogens is 2. The summed E-state index contributed by atoms with van der Waals surface area (Å²) in [6.45, 7) is 2.76. The van der Waals surface area contributed by atoms with E-state index in [1.54, 1.807) is 6.08 Å². The largest absolute Gasteiger partial charge is 0.490 e. The molecule has 160 valence electrons. The lowest BCUT2D eigenvalue weighted by Crippen LogP contribution is -2.01. The second-order valence-corrected chi connectivity index (χ2v) is 8.24. The smallest absolute Gasteiger partial charge is 0.175 e. The number of nitrogens with zero attached hydrogens (tertiary/aromatic N) is 2. The van der Waals surface area contributed by atoms with Gasteiger partial charge in [-0.2, -0.15) is 5.26 Å². The zero-order valence-electron chi connectivity index (χ0n) is 17.2. The number of aromatic amines is 1. The van der Waals surface area contributed by atoms with E-state index in [-0.39, 0.29) is 0 Å². The van der Waals surface area contributed by atoms with E-state index < -0.39 is 0 Å². The molecule has 0 bridgehead atoms. The monoisotopic (exact) mass is 507 g/mol. The van der Waals surface area contributed by atoms with Gasteiger partial charge >= 0.3 is 0 Å². The Morgan fingerprint density at radius 1 is 1.16 bits per heavy atom. The van der Waals surface area contributed by atoms with Crippen molar-refractivity contribution in [1.29, 1.82) is 5.26 Å². The van der Waals surface area contributed by atoms with Crippen molar-refractivity contribution < 1.29 is 9.47 Å².